The molecule has 35 heavy (non-hydrogen) atoms. The van der Waals surface area contributed by atoms with Gasteiger partial charge in [0.2, 0.25) is 29.0 Å². The number of benzene rings is 3. The molecule has 174 valence electrons. The third-order valence-corrected chi connectivity index (χ3v) is 7.84. The molecule has 0 aromatic heterocycles. The molecule has 1 spiro atoms. The third kappa shape index (κ3) is 2.75. The fraction of sp³-hybridized carbons (Fsp3) is 0.214. The highest BCUT2D eigenvalue weighted by Crippen LogP contribution is 2.58. The van der Waals surface area contributed by atoms with Crippen LogP contribution in [0.1, 0.15) is 43.5 Å². The number of hydrogen-bond acceptors (Lipinski definition) is 5. The number of carbonyl (C=O) groups excluding carboxylic acids is 4. The molecule has 2 heterocycles. The van der Waals surface area contributed by atoms with Crippen molar-refractivity contribution in [2.45, 2.75) is 25.6 Å². The number of imide groups is 1. The van der Waals surface area contributed by atoms with Crippen LogP contribution in [0.5, 0.6) is 0 Å². The van der Waals surface area contributed by atoms with E-state index >= 15 is 0 Å². The second kappa shape index (κ2) is 7.44. The van der Waals surface area contributed by atoms with Crippen molar-refractivity contribution in [1.29, 1.82) is 0 Å². The van der Waals surface area contributed by atoms with Crippen LogP contribution < -0.4 is 4.90 Å². The largest absolute Gasteiger partial charge is 0.349 e. The number of rotatable bonds is 2. The van der Waals surface area contributed by atoms with Gasteiger partial charge in [-0.25, -0.2) is 4.90 Å². The van der Waals surface area contributed by atoms with Crippen molar-refractivity contribution in [3.63, 3.8) is 0 Å². The Morgan fingerprint density at radius 3 is 2.06 bits per heavy atom. The van der Waals surface area contributed by atoms with E-state index in [9.17, 15) is 19.2 Å². The Labute approximate surface area is 206 Å². The molecule has 2 amide bonds. The van der Waals surface area contributed by atoms with Crippen molar-refractivity contribution in [2.24, 2.45) is 11.8 Å². The molecule has 2 saturated heterocycles. The Morgan fingerprint density at radius 2 is 1.43 bits per heavy atom. The lowest BCUT2D eigenvalue weighted by Crippen LogP contribution is -2.51. The van der Waals surface area contributed by atoms with Crippen molar-refractivity contribution in [2.75, 3.05) is 4.90 Å². The first kappa shape index (κ1) is 21.9. The zero-order chi connectivity index (χ0) is 24.6. The maximum absolute atomic E-state index is 13.9. The van der Waals surface area contributed by atoms with Gasteiger partial charge in [-0.2, -0.15) is 0 Å². The number of carbonyl (C=O) groups is 4. The summed E-state index contributed by atoms with van der Waals surface area (Å²) in [7, 11) is 0. The summed E-state index contributed by atoms with van der Waals surface area (Å²) in [4.78, 5) is 56.4. The number of fused-ring (bicyclic) bond motifs is 3. The van der Waals surface area contributed by atoms with Crippen LogP contribution in [0.15, 0.2) is 66.7 Å². The minimum absolute atomic E-state index is 0.203. The molecule has 3 aromatic carbocycles. The summed E-state index contributed by atoms with van der Waals surface area (Å²) in [6.45, 7) is 3.69. The minimum Gasteiger partial charge on any atom is -0.349 e. The van der Waals surface area contributed by atoms with E-state index in [0.717, 1.165) is 10.5 Å². The van der Waals surface area contributed by atoms with Gasteiger partial charge in [-0.1, -0.05) is 65.7 Å². The van der Waals surface area contributed by atoms with E-state index in [2.05, 4.69) is 0 Å². The van der Waals surface area contributed by atoms with Gasteiger partial charge < -0.3 is 4.74 Å². The quantitative estimate of drug-likeness (QED) is 0.390. The first-order valence-electron chi connectivity index (χ1n) is 11.3. The maximum Gasteiger partial charge on any atom is 0.241 e. The van der Waals surface area contributed by atoms with Gasteiger partial charge in [0, 0.05) is 16.1 Å². The van der Waals surface area contributed by atoms with Crippen LogP contribution in [0.2, 0.25) is 5.02 Å². The number of anilines is 1. The summed E-state index contributed by atoms with van der Waals surface area (Å²) >= 11 is 6.37. The highest BCUT2D eigenvalue weighted by atomic mass is 35.5. The summed E-state index contributed by atoms with van der Waals surface area (Å²) in [6, 6.07) is 18.6. The lowest BCUT2D eigenvalue weighted by molar-refractivity contribution is -0.127. The van der Waals surface area contributed by atoms with E-state index in [1.54, 1.807) is 73.7 Å². The van der Waals surface area contributed by atoms with Crippen LogP contribution in [0.4, 0.5) is 5.69 Å². The predicted octanol–water partition coefficient (Wildman–Crippen LogP) is 4.65. The monoisotopic (exact) mass is 485 g/mol. The van der Waals surface area contributed by atoms with E-state index in [1.165, 1.54) is 0 Å². The van der Waals surface area contributed by atoms with Gasteiger partial charge in [-0.05, 0) is 43.2 Å². The zero-order valence-electron chi connectivity index (χ0n) is 18.9. The van der Waals surface area contributed by atoms with Gasteiger partial charge in [0.05, 0.1) is 23.6 Å². The molecule has 6 nitrogen and oxygen atoms in total. The number of aryl methyl sites for hydroxylation is 1. The number of hydrogen-bond donors (Lipinski definition) is 0. The second-order valence-electron chi connectivity index (χ2n) is 9.28. The Bertz CT molecular complexity index is 1430. The molecular weight excluding hydrogens is 466 g/mol. The molecule has 3 aromatic rings. The minimum atomic E-state index is -2.10. The fourth-order valence-corrected chi connectivity index (χ4v) is 5.86. The van der Waals surface area contributed by atoms with Crippen molar-refractivity contribution >= 4 is 40.7 Å². The van der Waals surface area contributed by atoms with E-state index in [0.29, 0.717) is 21.8 Å². The van der Waals surface area contributed by atoms with Crippen LogP contribution in [0, 0.1) is 25.7 Å². The Hall–Kier alpha value is -3.61. The molecule has 0 bridgehead atoms. The Kier molecular flexibility index (Phi) is 4.66. The number of ketones is 2. The number of Topliss-reactive ketones (excluding diaryl/α,β-unsaturated/α-hetero) is 2. The number of ether oxygens (including phenoxy) is 1. The molecular formula is C28H20ClNO5. The van der Waals surface area contributed by atoms with Crippen molar-refractivity contribution < 1.29 is 23.9 Å². The summed E-state index contributed by atoms with van der Waals surface area (Å²) in [5.74, 6) is -4.61. The van der Waals surface area contributed by atoms with Crippen LogP contribution in [-0.4, -0.2) is 29.0 Å². The molecule has 6 rings (SSSR count). The summed E-state index contributed by atoms with van der Waals surface area (Å²) in [6.07, 6.45) is -0.993. The van der Waals surface area contributed by atoms with Crippen molar-refractivity contribution in [3.05, 3.63) is 99.6 Å². The lowest BCUT2D eigenvalue weighted by Gasteiger charge is -2.27. The normalized spacial score (nSPS) is 24.4. The zero-order valence-corrected chi connectivity index (χ0v) is 19.7. The van der Waals surface area contributed by atoms with Gasteiger partial charge in [0.1, 0.15) is 0 Å². The van der Waals surface area contributed by atoms with E-state index in [-0.39, 0.29) is 11.1 Å². The van der Waals surface area contributed by atoms with Gasteiger partial charge in [-0.3, -0.25) is 19.2 Å². The van der Waals surface area contributed by atoms with Crippen LogP contribution in [-0.2, 0) is 14.3 Å². The molecule has 0 unspecified atom stereocenters. The van der Waals surface area contributed by atoms with Crippen molar-refractivity contribution in [3.8, 4) is 0 Å². The number of amides is 2. The molecule has 0 radical (unpaired) electrons. The molecule has 0 saturated carbocycles. The molecule has 2 aliphatic heterocycles. The molecule has 7 heteroatoms. The molecule has 3 atom stereocenters. The standard InChI is InChI=1S/C28H20ClNO5/c1-14-10-12-16(13-11-14)30-26(33)21-22(27(30)34)28(24(31)18-6-3-4-7-19(18)25(28)32)35-23(21)17-8-5-9-20(29)15(17)2/h3-13,21-23H,1-2H3/t21-,22-,23-/m1/s1. The molecule has 0 N–H and O–H groups in total. The molecule has 1 aliphatic carbocycles. The SMILES string of the molecule is Cc1ccc(N2C(=O)[C@H]3[C@@H](c4cccc(Cl)c4C)OC4(C(=O)c5ccccc5C4=O)[C@H]3C2=O)cc1. The second-order valence-corrected chi connectivity index (χ2v) is 9.69. The Balaban J connectivity index is 1.57. The van der Waals surface area contributed by atoms with Crippen LogP contribution >= 0.6 is 11.6 Å². The summed E-state index contributed by atoms with van der Waals surface area (Å²) < 4.78 is 6.32. The molecule has 2 fully saturated rings. The predicted molar refractivity (Wildman–Crippen MR) is 129 cm³/mol. The van der Waals surface area contributed by atoms with E-state index in [1.807, 2.05) is 6.92 Å². The highest BCUT2D eigenvalue weighted by molar-refractivity contribution is 6.37. The topological polar surface area (TPSA) is 80.8 Å². The van der Waals surface area contributed by atoms with Gasteiger partial charge >= 0.3 is 0 Å². The first-order chi connectivity index (χ1) is 16.8. The van der Waals surface area contributed by atoms with E-state index < -0.39 is 46.9 Å². The van der Waals surface area contributed by atoms with Crippen LogP contribution in [0.25, 0.3) is 0 Å². The Morgan fingerprint density at radius 1 is 0.800 bits per heavy atom. The van der Waals surface area contributed by atoms with Gasteiger partial charge in [-0.15, -0.1) is 0 Å². The number of nitrogens with zero attached hydrogens (tertiary/aromatic N) is 1. The van der Waals surface area contributed by atoms with Crippen LogP contribution in [0.3, 0.4) is 0 Å². The van der Waals surface area contributed by atoms with Crippen molar-refractivity contribution in [1.82, 2.24) is 0 Å². The average Bonchev–Trinajstić information content (AvgIpc) is 3.42. The lowest BCUT2D eigenvalue weighted by atomic mass is 9.77. The molecule has 3 aliphatic rings. The highest BCUT2D eigenvalue weighted by Gasteiger charge is 2.74. The average molecular weight is 486 g/mol. The fourth-order valence-electron chi connectivity index (χ4n) is 5.68. The smallest absolute Gasteiger partial charge is 0.241 e. The summed E-state index contributed by atoms with van der Waals surface area (Å²) in [5, 5.41) is 0.461. The van der Waals surface area contributed by atoms with Gasteiger partial charge in [0.15, 0.2) is 0 Å². The number of halogens is 1. The maximum atomic E-state index is 13.9. The summed E-state index contributed by atoms with van der Waals surface area (Å²) in [5.41, 5.74) is 0.915. The van der Waals surface area contributed by atoms with Gasteiger partial charge in [0.25, 0.3) is 0 Å². The third-order valence-electron chi connectivity index (χ3n) is 7.43. The van der Waals surface area contributed by atoms with E-state index in [4.69, 9.17) is 16.3 Å². The first-order valence-corrected chi connectivity index (χ1v) is 11.7.